The quantitative estimate of drug-likeness (QED) is 0.768. The van der Waals surface area contributed by atoms with Gasteiger partial charge in [-0.1, -0.05) is 29.5 Å². The minimum atomic E-state index is -0.265. The summed E-state index contributed by atoms with van der Waals surface area (Å²) in [6, 6.07) is 16.1. The van der Waals surface area contributed by atoms with E-state index in [1.807, 2.05) is 0 Å². The number of hydrogen-bond donors (Lipinski definition) is 1. The number of nitriles is 1. The summed E-state index contributed by atoms with van der Waals surface area (Å²) in [5, 5.41) is 19.7. The molecule has 0 spiro atoms. The molecule has 0 radical (unpaired) electrons. The van der Waals surface area contributed by atoms with Crippen LogP contribution < -0.4 is 10.9 Å². The van der Waals surface area contributed by atoms with Gasteiger partial charge < -0.3 is 5.32 Å². The molecule has 7 nitrogen and oxygen atoms in total. The highest BCUT2D eigenvalue weighted by Crippen LogP contribution is 2.10. The van der Waals surface area contributed by atoms with Crippen LogP contribution in [0.2, 0.25) is 0 Å². The van der Waals surface area contributed by atoms with Gasteiger partial charge in [-0.05, 0) is 29.8 Å². The van der Waals surface area contributed by atoms with Crippen molar-refractivity contribution in [1.29, 1.82) is 5.26 Å². The highest BCUT2D eigenvalue weighted by Gasteiger charge is 2.08. The largest absolute Gasteiger partial charge is 0.326 e. The fourth-order valence-corrected chi connectivity index (χ4v) is 2.40. The molecule has 0 fully saturated rings. The van der Waals surface area contributed by atoms with E-state index in [2.05, 4.69) is 21.7 Å². The van der Waals surface area contributed by atoms with Crippen LogP contribution in [0.3, 0.4) is 0 Å². The van der Waals surface area contributed by atoms with Crippen molar-refractivity contribution in [1.82, 2.24) is 15.0 Å². The Bertz CT molecular complexity index is 1000. The average molecular weight is 333 g/mol. The highest BCUT2D eigenvalue weighted by atomic mass is 16.2. The molecule has 0 aliphatic carbocycles. The van der Waals surface area contributed by atoms with Crippen molar-refractivity contribution in [2.24, 2.45) is 0 Å². The predicted octanol–water partition coefficient (Wildman–Crippen LogP) is 1.89. The summed E-state index contributed by atoms with van der Waals surface area (Å²) in [4.78, 5) is 24.3. The van der Waals surface area contributed by atoms with Crippen molar-refractivity contribution in [3.8, 4) is 6.07 Å². The molecule has 1 N–H and O–H groups in total. The number of nitrogens with zero attached hydrogens (tertiary/aromatic N) is 4. The lowest BCUT2D eigenvalue weighted by molar-refractivity contribution is -0.116. The number of nitrogens with one attached hydrogen (secondary N) is 1. The van der Waals surface area contributed by atoms with Crippen LogP contribution >= 0.6 is 0 Å². The van der Waals surface area contributed by atoms with Crippen LogP contribution in [-0.2, 0) is 17.8 Å². The monoisotopic (exact) mass is 333 g/mol. The standard InChI is InChI=1S/C18H15N5O2/c19-11-9-13-5-7-14(8-6-13)20-17(24)10-12-23-18(25)15-3-1-2-4-16(15)21-22-23/h1-8H,9-10,12H2,(H,20,24). The first-order valence-electron chi connectivity index (χ1n) is 7.75. The molecular weight excluding hydrogens is 318 g/mol. The Morgan fingerprint density at radius 1 is 1.16 bits per heavy atom. The summed E-state index contributed by atoms with van der Waals surface area (Å²) < 4.78 is 1.19. The van der Waals surface area contributed by atoms with Crippen molar-refractivity contribution in [3.05, 3.63) is 64.4 Å². The van der Waals surface area contributed by atoms with Gasteiger partial charge in [0.25, 0.3) is 5.56 Å². The van der Waals surface area contributed by atoms with Crippen molar-refractivity contribution in [2.75, 3.05) is 5.32 Å². The van der Waals surface area contributed by atoms with Gasteiger partial charge >= 0.3 is 0 Å². The van der Waals surface area contributed by atoms with Gasteiger partial charge in [-0.25, -0.2) is 4.68 Å². The molecule has 0 aliphatic rings. The molecule has 0 unspecified atom stereocenters. The van der Waals surface area contributed by atoms with Crippen LogP contribution in [0, 0.1) is 11.3 Å². The second-order valence-corrected chi connectivity index (χ2v) is 5.46. The lowest BCUT2D eigenvalue weighted by Crippen LogP contribution is -2.26. The van der Waals surface area contributed by atoms with Gasteiger partial charge in [0, 0.05) is 12.1 Å². The Morgan fingerprint density at radius 2 is 1.92 bits per heavy atom. The van der Waals surface area contributed by atoms with Gasteiger partial charge in [0.15, 0.2) is 0 Å². The number of benzene rings is 2. The summed E-state index contributed by atoms with van der Waals surface area (Å²) >= 11 is 0. The van der Waals surface area contributed by atoms with E-state index in [0.717, 1.165) is 5.56 Å². The number of anilines is 1. The zero-order valence-electron chi connectivity index (χ0n) is 13.3. The molecule has 0 saturated heterocycles. The Morgan fingerprint density at radius 3 is 2.68 bits per heavy atom. The minimum absolute atomic E-state index is 0.104. The Hall–Kier alpha value is -3.53. The van der Waals surface area contributed by atoms with Crippen LogP contribution in [-0.4, -0.2) is 20.9 Å². The van der Waals surface area contributed by atoms with Crippen LogP contribution in [0.4, 0.5) is 5.69 Å². The molecule has 1 aromatic heterocycles. The predicted molar refractivity (Wildman–Crippen MR) is 92.8 cm³/mol. The van der Waals surface area contributed by atoms with E-state index < -0.39 is 0 Å². The van der Waals surface area contributed by atoms with E-state index in [0.29, 0.717) is 23.0 Å². The maximum atomic E-state index is 12.3. The van der Waals surface area contributed by atoms with Crippen LogP contribution in [0.5, 0.6) is 0 Å². The van der Waals surface area contributed by atoms with Gasteiger partial charge in [-0.2, -0.15) is 5.26 Å². The lowest BCUT2D eigenvalue weighted by atomic mass is 10.1. The minimum Gasteiger partial charge on any atom is -0.326 e. The fraction of sp³-hybridized carbons (Fsp3) is 0.167. The van der Waals surface area contributed by atoms with Gasteiger partial charge in [-0.3, -0.25) is 9.59 Å². The Kier molecular flexibility index (Phi) is 4.81. The first-order chi connectivity index (χ1) is 12.2. The number of rotatable bonds is 5. The smallest absolute Gasteiger partial charge is 0.277 e. The zero-order chi connectivity index (χ0) is 17.6. The van der Waals surface area contributed by atoms with Crippen LogP contribution in [0.15, 0.2) is 53.3 Å². The average Bonchev–Trinajstić information content (AvgIpc) is 2.63. The molecule has 3 aromatic rings. The number of carbonyl (C=O) groups excluding carboxylic acids is 1. The third kappa shape index (κ3) is 3.87. The van der Waals surface area contributed by atoms with Gasteiger partial charge in [0.1, 0.15) is 5.52 Å². The lowest BCUT2D eigenvalue weighted by Gasteiger charge is -2.07. The fourth-order valence-electron chi connectivity index (χ4n) is 2.40. The van der Waals surface area contributed by atoms with Gasteiger partial charge in [0.05, 0.1) is 24.4 Å². The van der Waals surface area contributed by atoms with E-state index in [9.17, 15) is 9.59 Å². The van der Waals surface area contributed by atoms with E-state index in [1.54, 1.807) is 48.5 Å². The first kappa shape index (κ1) is 16.3. The number of carbonyl (C=O) groups is 1. The number of amides is 1. The molecule has 124 valence electrons. The topological polar surface area (TPSA) is 101 Å². The SMILES string of the molecule is N#CCc1ccc(NC(=O)CCn2nnc3ccccc3c2=O)cc1. The number of aryl methyl sites for hydroxylation is 1. The maximum absolute atomic E-state index is 12.3. The van der Waals surface area contributed by atoms with Crippen LogP contribution in [0.1, 0.15) is 12.0 Å². The van der Waals surface area contributed by atoms with Crippen LogP contribution in [0.25, 0.3) is 10.9 Å². The number of fused-ring (bicyclic) bond motifs is 1. The van der Waals surface area contributed by atoms with E-state index in [-0.39, 0.29) is 24.4 Å². The normalized spacial score (nSPS) is 10.4. The molecule has 1 heterocycles. The molecule has 0 saturated carbocycles. The summed E-state index contributed by atoms with van der Waals surface area (Å²) in [6.07, 6.45) is 0.435. The molecule has 1 amide bonds. The summed E-state index contributed by atoms with van der Waals surface area (Å²) in [7, 11) is 0. The Balaban J connectivity index is 1.63. The third-order valence-electron chi connectivity index (χ3n) is 3.70. The van der Waals surface area contributed by atoms with Crippen molar-refractivity contribution in [2.45, 2.75) is 19.4 Å². The summed E-state index contributed by atoms with van der Waals surface area (Å²) in [5.41, 5.74) is 1.80. The second-order valence-electron chi connectivity index (χ2n) is 5.46. The Labute approximate surface area is 143 Å². The zero-order valence-corrected chi connectivity index (χ0v) is 13.3. The highest BCUT2D eigenvalue weighted by molar-refractivity contribution is 5.90. The molecule has 25 heavy (non-hydrogen) atoms. The summed E-state index contributed by atoms with van der Waals surface area (Å²) in [6.45, 7) is 0.148. The van der Waals surface area contributed by atoms with E-state index >= 15 is 0 Å². The molecule has 0 aliphatic heterocycles. The van der Waals surface area contributed by atoms with E-state index in [1.165, 1.54) is 4.68 Å². The van der Waals surface area contributed by atoms with E-state index in [4.69, 9.17) is 5.26 Å². The first-order valence-corrected chi connectivity index (χ1v) is 7.75. The second kappa shape index (κ2) is 7.36. The van der Waals surface area contributed by atoms with Crippen molar-refractivity contribution < 1.29 is 4.79 Å². The molecule has 7 heteroatoms. The number of aromatic nitrogens is 3. The molecule has 0 atom stereocenters. The van der Waals surface area contributed by atoms with Gasteiger partial charge in [-0.15, -0.1) is 5.10 Å². The summed E-state index contributed by atoms with van der Waals surface area (Å²) in [5.74, 6) is -0.227. The van der Waals surface area contributed by atoms with Crippen molar-refractivity contribution >= 4 is 22.5 Å². The maximum Gasteiger partial charge on any atom is 0.277 e. The van der Waals surface area contributed by atoms with Gasteiger partial charge in [0.2, 0.25) is 5.91 Å². The molecule has 0 bridgehead atoms. The van der Waals surface area contributed by atoms with Crippen molar-refractivity contribution in [3.63, 3.8) is 0 Å². The number of hydrogen-bond acceptors (Lipinski definition) is 5. The molecule has 2 aromatic carbocycles. The molecular formula is C18H15N5O2. The molecule has 3 rings (SSSR count). The third-order valence-corrected chi connectivity index (χ3v) is 3.70.